The maximum Gasteiger partial charge on any atom is 0.231 e. The standard InChI is InChI=1S/C21H23FN2O/c22-19-10-5-4-9-17(19)18-14-24(13-16-7-2-1-3-8-16)20(25)21(18)11-6-12-23-15-21/h1-5,7-10,18,23H,6,11-15H2. The minimum atomic E-state index is -0.519. The van der Waals surface area contributed by atoms with E-state index in [4.69, 9.17) is 0 Å². The van der Waals surface area contributed by atoms with E-state index in [1.54, 1.807) is 6.07 Å². The van der Waals surface area contributed by atoms with Gasteiger partial charge in [0.15, 0.2) is 0 Å². The van der Waals surface area contributed by atoms with Crippen molar-refractivity contribution in [3.63, 3.8) is 0 Å². The van der Waals surface area contributed by atoms with Crippen molar-refractivity contribution < 1.29 is 9.18 Å². The average Bonchev–Trinajstić information content (AvgIpc) is 2.90. The molecule has 25 heavy (non-hydrogen) atoms. The van der Waals surface area contributed by atoms with Crippen LogP contribution < -0.4 is 5.32 Å². The first-order valence-corrected chi connectivity index (χ1v) is 8.99. The Hall–Kier alpha value is -2.20. The molecule has 2 aromatic carbocycles. The highest BCUT2D eigenvalue weighted by molar-refractivity contribution is 5.87. The second-order valence-electron chi connectivity index (χ2n) is 7.18. The lowest BCUT2D eigenvalue weighted by Crippen LogP contribution is -2.48. The summed E-state index contributed by atoms with van der Waals surface area (Å²) in [5.74, 6) is -0.138. The Kier molecular flexibility index (Phi) is 4.30. The third kappa shape index (κ3) is 2.85. The Bertz CT molecular complexity index is 756. The van der Waals surface area contributed by atoms with Gasteiger partial charge in [0.25, 0.3) is 0 Å². The van der Waals surface area contributed by atoms with Gasteiger partial charge in [-0.15, -0.1) is 0 Å². The van der Waals surface area contributed by atoms with Crippen LogP contribution >= 0.6 is 0 Å². The Morgan fingerprint density at radius 3 is 2.60 bits per heavy atom. The largest absolute Gasteiger partial charge is 0.337 e. The zero-order valence-electron chi connectivity index (χ0n) is 14.2. The van der Waals surface area contributed by atoms with Gasteiger partial charge >= 0.3 is 0 Å². The van der Waals surface area contributed by atoms with Gasteiger partial charge in [-0.25, -0.2) is 4.39 Å². The van der Waals surface area contributed by atoms with Gasteiger partial charge in [0.1, 0.15) is 5.82 Å². The number of amides is 1. The van der Waals surface area contributed by atoms with Crippen LogP contribution in [0.1, 0.15) is 29.9 Å². The number of benzene rings is 2. The normalized spacial score (nSPS) is 26.4. The number of rotatable bonds is 3. The molecule has 3 nitrogen and oxygen atoms in total. The molecule has 2 aliphatic heterocycles. The fourth-order valence-electron chi connectivity index (χ4n) is 4.44. The third-order valence-electron chi connectivity index (χ3n) is 5.70. The molecule has 0 aliphatic carbocycles. The molecule has 0 aromatic heterocycles. The van der Waals surface area contributed by atoms with Crippen LogP contribution in [0.25, 0.3) is 0 Å². The summed E-state index contributed by atoms with van der Waals surface area (Å²) >= 11 is 0. The van der Waals surface area contributed by atoms with Crippen molar-refractivity contribution in [3.8, 4) is 0 Å². The summed E-state index contributed by atoms with van der Waals surface area (Å²) in [5.41, 5.74) is 1.27. The molecular weight excluding hydrogens is 315 g/mol. The zero-order chi connectivity index (χ0) is 17.3. The molecule has 130 valence electrons. The van der Waals surface area contributed by atoms with Crippen LogP contribution in [0.2, 0.25) is 0 Å². The maximum absolute atomic E-state index is 14.5. The number of carbonyl (C=O) groups is 1. The van der Waals surface area contributed by atoms with Crippen molar-refractivity contribution in [1.29, 1.82) is 0 Å². The molecule has 4 rings (SSSR count). The van der Waals surface area contributed by atoms with Crippen LogP contribution in [0.3, 0.4) is 0 Å². The first-order valence-electron chi connectivity index (χ1n) is 8.99. The van der Waals surface area contributed by atoms with Crippen LogP contribution in [0.4, 0.5) is 4.39 Å². The Morgan fingerprint density at radius 1 is 1.12 bits per heavy atom. The summed E-state index contributed by atoms with van der Waals surface area (Å²) in [7, 11) is 0. The first-order chi connectivity index (χ1) is 12.2. The van der Waals surface area contributed by atoms with Gasteiger partial charge < -0.3 is 10.2 Å². The third-order valence-corrected chi connectivity index (χ3v) is 5.70. The van der Waals surface area contributed by atoms with Crippen molar-refractivity contribution in [2.75, 3.05) is 19.6 Å². The minimum Gasteiger partial charge on any atom is -0.337 e. The van der Waals surface area contributed by atoms with Gasteiger partial charge in [-0.2, -0.15) is 0 Å². The van der Waals surface area contributed by atoms with E-state index in [1.807, 2.05) is 47.4 Å². The number of halogens is 1. The highest BCUT2D eigenvalue weighted by atomic mass is 19.1. The Labute approximate surface area is 147 Å². The lowest BCUT2D eigenvalue weighted by molar-refractivity contribution is -0.137. The Balaban J connectivity index is 1.69. The number of likely N-dealkylation sites (tertiary alicyclic amines) is 1. The number of carbonyl (C=O) groups excluding carboxylic acids is 1. The molecule has 0 radical (unpaired) electrons. The predicted octanol–water partition coefficient (Wildman–Crippen LogP) is 3.32. The fourth-order valence-corrected chi connectivity index (χ4v) is 4.44. The quantitative estimate of drug-likeness (QED) is 0.931. The number of nitrogens with zero attached hydrogens (tertiary/aromatic N) is 1. The smallest absolute Gasteiger partial charge is 0.231 e. The first kappa shape index (κ1) is 16.3. The molecule has 1 N–H and O–H groups in total. The molecule has 1 spiro atoms. The monoisotopic (exact) mass is 338 g/mol. The number of piperidine rings is 1. The molecule has 2 heterocycles. The van der Waals surface area contributed by atoms with Gasteiger partial charge in [-0.3, -0.25) is 4.79 Å². The van der Waals surface area contributed by atoms with Crippen LogP contribution in [-0.2, 0) is 11.3 Å². The highest BCUT2D eigenvalue weighted by Crippen LogP contribution is 2.48. The van der Waals surface area contributed by atoms with Crippen molar-refractivity contribution in [2.45, 2.75) is 25.3 Å². The molecule has 0 saturated carbocycles. The van der Waals surface area contributed by atoms with Crippen LogP contribution in [-0.4, -0.2) is 30.4 Å². The molecule has 1 amide bonds. The van der Waals surface area contributed by atoms with Crippen LogP contribution in [0.5, 0.6) is 0 Å². The van der Waals surface area contributed by atoms with Crippen molar-refractivity contribution >= 4 is 5.91 Å². The summed E-state index contributed by atoms with van der Waals surface area (Å²) in [6.45, 7) is 2.73. The van der Waals surface area contributed by atoms with E-state index in [1.165, 1.54) is 6.07 Å². The van der Waals surface area contributed by atoms with E-state index in [0.29, 0.717) is 25.2 Å². The molecule has 2 aliphatic rings. The average molecular weight is 338 g/mol. The number of hydrogen-bond acceptors (Lipinski definition) is 2. The van der Waals surface area contributed by atoms with Gasteiger partial charge in [0.05, 0.1) is 5.41 Å². The summed E-state index contributed by atoms with van der Waals surface area (Å²) in [4.78, 5) is 15.3. The Morgan fingerprint density at radius 2 is 1.88 bits per heavy atom. The summed E-state index contributed by atoms with van der Waals surface area (Å²) in [6, 6.07) is 17.0. The van der Waals surface area contributed by atoms with Crippen molar-refractivity contribution in [3.05, 3.63) is 71.5 Å². The molecule has 2 aromatic rings. The van der Waals surface area contributed by atoms with E-state index in [0.717, 1.165) is 24.9 Å². The van der Waals surface area contributed by atoms with Gasteiger partial charge in [0.2, 0.25) is 5.91 Å². The van der Waals surface area contributed by atoms with Gasteiger partial charge in [0, 0.05) is 25.6 Å². The number of nitrogens with one attached hydrogen (secondary N) is 1. The lowest BCUT2D eigenvalue weighted by atomic mass is 9.69. The predicted molar refractivity (Wildman–Crippen MR) is 95.5 cm³/mol. The molecule has 2 atom stereocenters. The van der Waals surface area contributed by atoms with Gasteiger partial charge in [-0.05, 0) is 36.6 Å². The topological polar surface area (TPSA) is 32.3 Å². The summed E-state index contributed by atoms with van der Waals surface area (Å²) in [5, 5.41) is 3.38. The minimum absolute atomic E-state index is 0.0993. The molecule has 2 unspecified atom stereocenters. The summed E-state index contributed by atoms with van der Waals surface area (Å²) < 4.78 is 14.5. The lowest BCUT2D eigenvalue weighted by Gasteiger charge is -2.37. The summed E-state index contributed by atoms with van der Waals surface area (Å²) in [6.07, 6.45) is 1.78. The van der Waals surface area contributed by atoms with Crippen LogP contribution in [0.15, 0.2) is 54.6 Å². The van der Waals surface area contributed by atoms with E-state index in [-0.39, 0.29) is 17.6 Å². The van der Waals surface area contributed by atoms with Crippen molar-refractivity contribution in [2.24, 2.45) is 5.41 Å². The molecule has 2 fully saturated rings. The maximum atomic E-state index is 14.5. The molecule has 2 saturated heterocycles. The van der Waals surface area contributed by atoms with Gasteiger partial charge in [-0.1, -0.05) is 48.5 Å². The van der Waals surface area contributed by atoms with Crippen molar-refractivity contribution in [1.82, 2.24) is 10.2 Å². The second kappa shape index (κ2) is 6.60. The van der Waals surface area contributed by atoms with E-state index in [2.05, 4.69) is 5.32 Å². The van der Waals surface area contributed by atoms with E-state index < -0.39 is 5.41 Å². The zero-order valence-corrected chi connectivity index (χ0v) is 14.2. The van der Waals surface area contributed by atoms with E-state index in [9.17, 15) is 9.18 Å². The SMILES string of the molecule is O=C1N(Cc2ccccc2)CC(c2ccccc2F)C12CCCNC2. The molecule has 4 heteroatoms. The second-order valence-corrected chi connectivity index (χ2v) is 7.18. The van der Waals surface area contributed by atoms with Crippen LogP contribution in [0, 0.1) is 11.2 Å². The van der Waals surface area contributed by atoms with E-state index >= 15 is 0 Å². The molecular formula is C21H23FN2O. The number of hydrogen-bond donors (Lipinski definition) is 1. The fraction of sp³-hybridized carbons (Fsp3) is 0.381. The highest BCUT2D eigenvalue weighted by Gasteiger charge is 2.54. The molecule has 0 bridgehead atoms.